The highest BCUT2D eigenvalue weighted by Gasteiger charge is 2.18. The molecule has 5 heteroatoms. The van der Waals surface area contributed by atoms with Crippen LogP contribution < -0.4 is 0 Å². The van der Waals surface area contributed by atoms with E-state index in [9.17, 15) is 5.11 Å². The van der Waals surface area contributed by atoms with Crippen LogP contribution in [0.3, 0.4) is 0 Å². The monoisotopic (exact) mass is 394 g/mol. The summed E-state index contributed by atoms with van der Waals surface area (Å²) in [6, 6.07) is 15.8. The molecule has 27 heavy (non-hydrogen) atoms. The third kappa shape index (κ3) is 3.74. The van der Waals surface area contributed by atoms with Crippen molar-refractivity contribution in [3.05, 3.63) is 82.0 Å². The molecule has 0 fully saturated rings. The zero-order chi connectivity index (χ0) is 19.0. The molecule has 0 amide bonds. The quantitative estimate of drug-likeness (QED) is 0.473. The summed E-state index contributed by atoms with van der Waals surface area (Å²) in [5.74, 6) is 0. The normalized spacial score (nSPS) is 11.9. The maximum absolute atomic E-state index is 10.3. The van der Waals surface area contributed by atoms with Gasteiger partial charge < -0.3 is 5.11 Å². The lowest BCUT2D eigenvalue weighted by Gasteiger charge is -2.18. The molecule has 0 bridgehead atoms. The van der Waals surface area contributed by atoms with Gasteiger partial charge >= 0.3 is 0 Å². The summed E-state index contributed by atoms with van der Waals surface area (Å²) < 4.78 is 1.10. The third-order valence-corrected chi connectivity index (χ3v) is 6.05. The molecule has 3 nitrogen and oxygen atoms in total. The molecule has 0 radical (unpaired) electrons. The van der Waals surface area contributed by atoms with E-state index in [1.54, 1.807) is 31.4 Å². The topological polar surface area (TPSA) is 46.0 Å². The highest BCUT2D eigenvalue weighted by atomic mass is 35.5. The second-order valence-electron chi connectivity index (χ2n) is 7.04. The number of benzene rings is 1. The predicted octanol–water partition coefficient (Wildman–Crippen LogP) is 5.83. The number of hydrogen-bond donors (Lipinski definition) is 1. The second-order valence-corrected chi connectivity index (χ2v) is 8.59. The zero-order valence-electron chi connectivity index (χ0n) is 15.1. The number of thiophene rings is 1. The summed E-state index contributed by atoms with van der Waals surface area (Å²) in [6.45, 7) is 3.56. The number of aliphatic hydroxyl groups is 1. The van der Waals surface area contributed by atoms with E-state index in [2.05, 4.69) is 22.1 Å². The molecule has 136 valence electrons. The first-order chi connectivity index (χ1) is 12.9. The van der Waals surface area contributed by atoms with Gasteiger partial charge in [0.05, 0.1) is 21.5 Å². The van der Waals surface area contributed by atoms with E-state index < -0.39 is 5.60 Å². The molecule has 0 atom stereocenters. The van der Waals surface area contributed by atoms with Gasteiger partial charge in [0, 0.05) is 34.3 Å². The fourth-order valence-corrected chi connectivity index (χ4v) is 4.43. The van der Waals surface area contributed by atoms with Gasteiger partial charge in [0.25, 0.3) is 0 Å². The van der Waals surface area contributed by atoms with Gasteiger partial charge in [-0.05, 0) is 55.3 Å². The molecule has 0 aliphatic heterocycles. The fraction of sp³-hybridized carbons (Fsp3) is 0.182. The minimum absolute atomic E-state index is 0.775. The first kappa shape index (κ1) is 18.1. The largest absolute Gasteiger partial charge is 0.386 e. The molecule has 0 spiro atoms. The number of pyridine rings is 2. The van der Waals surface area contributed by atoms with Crippen molar-refractivity contribution in [3.63, 3.8) is 0 Å². The van der Waals surface area contributed by atoms with Crippen molar-refractivity contribution < 1.29 is 5.11 Å². The Hall–Kier alpha value is -2.27. The van der Waals surface area contributed by atoms with Gasteiger partial charge in [0.15, 0.2) is 0 Å². The van der Waals surface area contributed by atoms with Crippen LogP contribution in [0.5, 0.6) is 0 Å². The van der Waals surface area contributed by atoms with Crippen molar-refractivity contribution in [2.75, 3.05) is 0 Å². The van der Waals surface area contributed by atoms with Gasteiger partial charge in [-0.25, -0.2) is 0 Å². The van der Waals surface area contributed by atoms with Crippen molar-refractivity contribution >= 4 is 33.2 Å². The van der Waals surface area contributed by atoms with Crippen LogP contribution in [0.4, 0.5) is 0 Å². The molecule has 0 saturated heterocycles. The van der Waals surface area contributed by atoms with Gasteiger partial charge in [0.2, 0.25) is 0 Å². The highest BCUT2D eigenvalue weighted by Crippen LogP contribution is 2.35. The summed E-state index contributed by atoms with van der Waals surface area (Å²) in [5, 5.41) is 11.1. The van der Waals surface area contributed by atoms with E-state index in [0.717, 1.165) is 44.0 Å². The van der Waals surface area contributed by atoms with Crippen LogP contribution in [0.1, 0.15) is 29.9 Å². The lowest BCUT2D eigenvalue weighted by Crippen LogP contribution is -2.15. The second kappa shape index (κ2) is 7.04. The van der Waals surface area contributed by atoms with Crippen molar-refractivity contribution in [2.24, 2.45) is 0 Å². The Kier molecular flexibility index (Phi) is 4.72. The minimum Gasteiger partial charge on any atom is -0.386 e. The Morgan fingerprint density at radius 2 is 1.81 bits per heavy atom. The average Bonchev–Trinajstić information content (AvgIpc) is 3.05. The molecule has 1 aromatic carbocycles. The number of rotatable bonds is 4. The van der Waals surface area contributed by atoms with E-state index in [4.69, 9.17) is 11.6 Å². The number of nitrogens with zero attached hydrogens (tertiary/aromatic N) is 2. The highest BCUT2D eigenvalue weighted by molar-refractivity contribution is 7.19. The summed E-state index contributed by atoms with van der Waals surface area (Å²) in [4.78, 5) is 10.3. The average molecular weight is 395 g/mol. The molecule has 0 aliphatic carbocycles. The van der Waals surface area contributed by atoms with E-state index >= 15 is 0 Å². The number of fused-ring (bicyclic) bond motifs is 1. The third-order valence-electron chi connectivity index (χ3n) is 4.53. The zero-order valence-corrected chi connectivity index (χ0v) is 16.7. The SMILES string of the molecule is CC(C)(O)c1ccnc(-c2ccnc3cc(Cc4ccccc4Cl)sc23)c1. The lowest BCUT2D eigenvalue weighted by atomic mass is 9.97. The van der Waals surface area contributed by atoms with Gasteiger partial charge in [-0.15, -0.1) is 11.3 Å². The first-order valence-electron chi connectivity index (χ1n) is 8.72. The van der Waals surface area contributed by atoms with E-state index in [-0.39, 0.29) is 0 Å². The standard InChI is InChI=1S/C22H19ClN2OS/c1-22(2,26)15-7-9-24-19(12-15)17-8-10-25-20-13-16(27-21(17)20)11-14-5-3-4-6-18(14)23/h3-10,12-13,26H,11H2,1-2H3. The van der Waals surface area contributed by atoms with Crippen molar-refractivity contribution in [1.29, 1.82) is 0 Å². The fourth-order valence-electron chi connectivity index (χ4n) is 3.06. The maximum Gasteiger partial charge on any atom is 0.0841 e. The van der Waals surface area contributed by atoms with E-state index in [0.29, 0.717) is 0 Å². The summed E-state index contributed by atoms with van der Waals surface area (Å²) in [6.07, 6.45) is 4.33. The first-order valence-corrected chi connectivity index (χ1v) is 9.91. The van der Waals surface area contributed by atoms with Crippen LogP contribution in [0.15, 0.2) is 60.9 Å². The Balaban J connectivity index is 1.77. The van der Waals surface area contributed by atoms with Crippen LogP contribution in [0, 0.1) is 0 Å². The maximum atomic E-state index is 10.3. The summed E-state index contributed by atoms with van der Waals surface area (Å²) in [5.41, 5.74) is 3.86. The molecule has 0 saturated carbocycles. The molecule has 3 heterocycles. The van der Waals surface area contributed by atoms with Crippen LogP contribution in [-0.2, 0) is 12.0 Å². The number of aromatic nitrogens is 2. The van der Waals surface area contributed by atoms with Gasteiger partial charge in [-0.3, -0.25) is 9.97 Å². The van der Waals surface area contributed by atoms with Crippen molar-refractivity contribution in [1.82, 2.24) is 9.97 Å². The lowest BCUT2D eigenvalue weighted by molar-refractivity contribution is 0.0785. The molecule has 1 N–H and O–H groups in total. The Labute approximate surface area is 167 Å². The summed E-state index contributed by atoms with van der Waals surface area (Å²) >= 11 is 8.03. The Morgan fingerprint density at radius 1 is 1.04 bits per heavy atom. The smallest absolute Gasteiger partial charge is 0.0841 e. The predicted molar refractivity (Wildman–Crippen MR) is 112 cm³/mol. The molecule has 3 aromatic heterocycles. The van der Waals surface area contributed by atoms with Crippen molar-refractivity contribution in [2.45, 2.75) is 25.9 Å². The van der Waals surface area contributed by atoms with Gasteiger partial charge in [-0.2, -0.15) is 0 Å². The summed E-state index contributed by atoms with van der Waals surface area (Å²) in [7, 11) is 0. The van der Waals surface area contributed by atoms with Crippen molar-refractivity contribution in [3.8, 4) is 11.3 Å². The van der Waals surface area contributed by atoms with Crippen LogP contribution in [0.2, 0.25) is 5.02 Å². The number of hydrogen-bond acceptors (Lipinski definition) is 4. The molecule has 0 unspecified atom stereocenters. The van der Waals surface area contributed by atoms with Crippen LogP contribution in [-0.4, -0.2) is 15.1 Å². The Bertz CT molecular complexity index is 1110. The molecular formula is C22H19ClN2OS. The van der Waals surface area contributed by atoms with Gasteiger partial charge in [0.1, 0.15) is 0 Å². The molecule has 0 aliphatic rings. The molecule has 4 aromatic rings. The van der Waals surface area contributed by atoms with Crippen LogP contribution in [0.25, 0.3) is 21.5 Å². The molecule has 4 rings (SSSR count). The van der Waals surface area contributed by atoms with E-state index in [1.807, 2.05) is 42.6 Å². The van der Waals surface area contributed by atoms with E-state index in [1.165, 1.54) is 4.88 Å². The Morgan fingerprint density at radius 3 is 2.59 bits per heavy atom. The van der Waals surface area contributed by atoms with Gasteiger partial charge in [-0.1, -0.05) is 29.8 Å². The molecular weight excluding hydrogens is 376 g/mol. The van der Waals surface area contributed by atoms with Crippen LogP contribution >= 0.6 is 22.9 Å². The number of halogens is 1. The minimum atomic E-state index is -0.908.